The minimum absolute atomic E-state index is 0.0312. The number of hydrogen-bond acceptors (Lipinski definition) is 4. The first-order valence-corrected chi connectivity index (χ1v) is 12.4. The van der Waals surface area contributed by atoms with E-state index in [1.54, 1.807) is 36.5 Å². The SMILES string of the molecule is Cc1ccc(-c2nn(C(=O)Nc3ccc(Oc4ccc(OC(F)F)cc4)cc3)cc2Cc2cccc(F)c2)cc1. The summed E-state index contributed by atoms with van der Waals surface area (Å²) in [4.78, 5) is 13.1. The van der Waals surface area contributed by atoms with Crippen LogP contribution < -0.4 is 14.8 Å². The van der Waals surface area contributed by atoms with Crippen LogP contribution in [0, 0.1) is 12.7 Å². The van der Waals surface area contributed by atoms with E-state index in [1.165, 1.54) is 41.1 Å². The molecule has 0 radical (unpaired) electrons. The molecule has 0 saturated carbocycles. The first-order chi connectivity index (χ1) is 19.3. The summed E-state index contributed by atoms with van der Waals surface area (Å²) >= 11 is 0. The summed E-state index contributed by atoms with van der Waals surface area (Å²) < 4.78 is 49.7. The van der Waals surface area contributed by atoms with Crippen molar-refractivity contribution in [1.29, 1.82) is 0 Å². The molecule has 0 saturated heterocycles. The lowest BCUT2D eigenvalue weighted by Crippen LogP contribution is -2.19. The molecule has 0 atom stereocenters. The van der Waals surface area contributed by atoms with Crippen LogP contribution in [0.15, 0.2) is 103 Å². The predicted molar refractivity (Wildman–Crippen MR) is 146 cm³/mol. The Labute approximate surface area is 228 Å². The van der Waals surface area contributed by atoms with Crippen molar-refractivity contribution in [1.82, 2.24) is 9.78 Å². The summed E-state index contributed by atoms with van der Waals surface area (Å²) in [6, 6.07) is 26.1. The number of alkyl halides is 2. The molecule has 5 aromatic rings. The molecule has 40 heavy (non-hydrogen) atoms. The minimum Gasteiger partial charge on any atom is -0.457 e. The second-order valence-electron chi connectivity index (χ2n) is 9.03. The topological polar surface area (TPSA) is 65.4 Å². The first-order valence-electron chi connectivity index (χ1n) is 12.4. The van der Waals surface area contributed by atoms with Crippen LogP contribution in [0.2, 0.25) is 0 Å². The van der Waals surface area contributed by atoms with Crippen LogP contribution in [-0.2, 0) is 6.42 Å². The van der Waals surface area contributed by atoms with Gasteiger partial charge in [-0.15, -0.1) is 0 Å². The highest BCUT2D eigenvalue weighted by Crippen LogP contribution is 2.27. The highest BCUT2D eigenvalue weighted by atomic mass is 19.3. The zero-order valence-corrected chi connectivity index (χ0v) is 21.4. The predicted octanol–water partition coefficient (Wildman–Crippen LogP) is 8.06. The third kappa shape index (κ3) is 6.68. The molecule has 0 aliphatic carbocycles. The van der Waals surface area contributed by atoms with Crippen LogP contribution in [-0.4, -0.2) is 22.4 Å². The van der Waals surface area contributed by atoms with Gasteiger partial charge in [0.15, 0.2) is 0 Å². The van der Waals surface area contributed by atoms with Crippen molar-refractivity contribution < 1.29 is 27.4 Å². The Bertz CT molecular complexity index is 1600. The van der Waals surface area contributed by atoms with Crippen LogP contribution >= 0.6 is 0 Å². The van der Waals surface area contributed by atoms with Crippen LogP contribution in [0.5, 0.6) is 17.2 Å². The van der Waals surface area contributed by atoms with Crippen LogP contribution in [0.4, 0.5) is 23.7 Å². The molecule has 202 valence electrons. The van der Waals surface area contributed by atoms with Gasteiger partial charge in [-0.1, -0.05) is 42.0 Å². The molecule has 0 aliphatic rings. The fourth-order valence-corrected chi connectivity index (χ4v) is 4.08. The highest BCUT2D eigenvalue weighted by Gasteiger charge is 2.16. The Balaban J connectivity index is 1.30. The number of aromatic nitrogens is 2. The van der Waals surface area contributed by atoms with E-state index < -0.39 is 12.6 Å². The summed E-state index contributed by atoms with van der Waals surface area (Å²) in [6.07, 6.45) is 2.05. The maximum atomic E-state index is 13.8. The number of amides is 1. The van der Waals surface area contributed by atoms with Gasteiger partial charge < -0.3 is 14.8 Å². The van der Waals surface area contributed by atoms with E-state index >= 15 is 0 Å². The Kier molecular flexibility index (Phi) is 7.82. The smallest absolute Gasteiger partial charge is 0.387 e. The number of anilines is 1. The quantitative estimate of drug-likeness (QED) is 0.215. The van der Waals surface area contributed by atoms with Gasteiger partial charge in [-0.05, 0) is 73.2 Å². The Morgan fingerprint density at radius 1 is 0.900 bits per heavy atom. The third-order valence-electron chi connectivity index (χ3n) is 6.00. The number of carbonyl (C=O) groups is 1. The Hall–Kier alpha value is -5.05. The lowest BCUT2D eigenvalue weighted by molar-refractivity contribution is -0.0498. The first kappa shape index (κ1) is 26.6. The zero-order valence-electron chi connectivity index (χ0n) is 21.4. The van der Waals surface area contributed by atoms with Gasteiger partial charge in [0.05, 0.1) is 5.69 Å². The average molecular weight is 544 g/mol. The maximum absolute atomic E-state index is 13.8. The van der Waals surface area contributed by atoms with Gasteiger partial charge in [0.25, 0.3) is 0 Å². The number of ether oxygens (including phenoxy) is 2. The summed E-state index contributed by atoms with van der Waals surface area (Å²) in [5, 5.41) is 7.36. The van der Waals surface area contributed by atoms with Crippen molar-refractivity contribution in [3.8, 4) is 28.5 Å². The molecule has 5 rings (SSSR count). The number of nitrogens with one attached hydrogen (secondary N) is 1. The number of rotatable bonds is 8. The summed E-state index contributed by atoms with van der Waals surface area (Å²) in [5.74, 6) is 0.622. The molecule has 1 heterocycles. The second kappa shape index (κ2) is 11.8. The van der Waals surface area contributed by atoms with E-state index in [1.807, 2.05) is 37.3 Å². The maximum Gasteiger partial charge on any atom is 0.387 e. The normalized spacial score (nSPS) is 10.9. The number of halogens is 3. The molecule has 1 aromatic heterocycles. The standard InChI is InChI=1S/C31H24F3N3O3/c1-20-5-7-22(8-6-20)29-23(17-21-3-2-4-24(32)18-21)19-37(36-29)31(38)35-25-9-11-26(12-10-25)39-27-13-15-28(16-14-27)40-30(33)34/h2-16,18-19,30H,17H2,1H3,(H,35,38). The fraction of sp³-hybridized carbons (Fsp3) is 0.0968. The Morgan fingerprint density at radius 3 is 2.20 bits per heavy atom. The van der Waals surface area contributed by atoms with Gasteiger partial charge in [0, 0.05) is 29.4 Å². The average Bonchev–Trinajstić information content (AvgIpc) is 3.35. The molecule has 1 amide bonds. The van der Waals surface area contributed by atoms with E-state index in [9.17, 15) is 18.0 Å². The number of aryl methyl sites for hydroxylation is 1. The molecular weight excluding hydrogens is 519 g/mol. The molecule has 0 unspecified atom stereocenters. The van der Waals surface area contributed by atoms with E-state index in [0.717, 1.165) is 22.3 Å². The van der Waals surface area contributed by atoms with Gasteiger partial charge in [-0.2, -0.15) is 18.6 Å². The number of carbonyl (C=O) groups excluding carboxylic acids is 1. The fourth-order valence-electron chi connectivity index (χ4n) is 4.08. The zero-order chi connectivity index (χ0) is 28.1. The van der Waals surface area contributed by atoms with E-state index in [4.69, 9.17) is 4.74 Å². The lowest BCUT2D eigenvalue weighted by Gasteiger charge is -2.09. The summed E-state index contributed by atoms with van der Waals surface area (Å²) in [7, 11) is 0. The molecule has 0 bridgehead atoms. The van der Waals surface area contributed by atoms with Crippen molar-refractivity contribution in [2.45, 2.75) is 20.0 Å². The van der Waals surface area contributed by atoms with Gasteiger partial charge in [-0.25, -0.2) is 9.18 Å². The monoisotopic (exact) mass is 543 g/mol. The number of nitrogens with zero attached hydrogens (tertiary/aromatic N) is 2. The summed E-state index contributed by atoms with van der Waals surface area (Å²) in [5.41, 5.74) is 4.63. The van der Waals surface area contributed by atoms with E-state index in [-0.39, 0.29) is 11.6 Å². The molecule has 6 nitrogen and oxygen atoms in total. The molecule has 4 aromatic carbocycles. The van der Waals surface area contributed by atoms with Crippen LogP contribution in [0.3, 0.4) is 0 Å². The second-order valence-corrected chi connectivity index (χ2v) is 9.03. The number of hydrogen-bond donors (Lipinski definition) is 1. The largest absolute Gasteiger partial charge is 0.457 e. The van der Waals surface area contributed by atoms with Crippen molar-refractivity contribution >= 4 is 11.7 Å². The molecule has 0 aliphatic heterocycles. The third-order valence-corrected chi connectivity index (χ3v) is 6.00. The molecule has 9 heteroatoms. The van der Waals surface area contributed by atoms with Crippen molar-refractivity contribution in [3.05, 3.63) is 126 Å². The molecule has 0 fully saturated rings. The molecule has 0 spiro atoms. The lowest BCUT2D eigenvalue weighted by atomic mass is 10.0. The number of benzene rings is 4. The highest BCUT2D eigenvalue weighted by molar-refractivity contribution is 5.91. The molecular formula is C31H24F3N3O3. The Morgan fingerprint density at radius 2 is 1.55 bits per heavy atom. The minimum atomic E-state index is -2.90. The molecule has 1 N–H and O–H groups in total. The van der Waals surface area contributed by atoms with E-state index in [0.29, 0.717) is 29.3 Å². The van der Waals surface area contributed by atoms with Crippen molar-refractivity contribution in [3.63, 3.8) is 0 Å². The summed E-state index contributed by atoms with van der Waals surface area (Å²) in [6.45, 7) is -0.910. The van der Waals surface area contributed by atoms with Gasteiger partial charge in [-0.3, -0.25) is 0 Å². The van der Waals surface area contributed by atoms with E-state index in [2.05, 4.69) is 15.2 Å². The van der Waals surface area contributed by atoms with Gasteiger partial charge >= 0.3 is 12.6 Å². The van der Waals surface area contributed by atoms with Crippen LogP contribution in [0.1, 0.15) is 16.7 Å². The van der Waals surface area contributed by atoms with Gasteiger partial charge in [0.1, 0.15) is 23.1 Å². The van der Waals surface area contributed by atoms with Crippen LogP contribution in [0.25, 0.3) is 11.3 Å². The van der Waals surface area contributed by atoms with Crippen molar-refractivity contribution in [2.75, 3.05) is 5.32 Å². The van der Waals surface area contributed by atoms with Gasteiger partial charge in [0.2, 0.25) is 0 Å². The van der Waals surface area contributed by atoms with Crippen molar-refractivity contribution in [2.24, 2.45) is 0 Å².